The minimum Gasteiger partial charge on any atom is -0.480 e. The summed E-state index contributed by atoms with van der Waals surface area (Å²) >= 11 is 0. The highest BCUT2D eigenvalue weighted by Gasteiger charge is 2.06. The highest BCUT2D eigenvalue weighted by molar-refractivity contribution is 5.84. The van der Waals surface area contributed by atoms with Crippen LogP contribution in [0.5, 0.6) is 0 Å². The minimum absolute atomic E-state index is 0.324. The van der Waals surface area contributed by atoms with E-state index in [-0.39, 0.29) is 5.70 Å². The van der Waals surface area contributed by atoms with Crippen LogP contribution in [0, 0.1) is 0 Å². The van der Waals surface area contributed by atoms with Gasteiger partial charge in [-0.05, 0) is 0 Å². The molecular weight excluding hydrogens is 180 g/mol. The molecule has 0 saturated carbocycles. The van der Waals surface area contributed by atoms with Gasteiger partial charge in [-0.25, -0.2) is 4.79 Å². The molecule has 0 fully saturated rings. The molecule has 7 N–H and O–H groups in total. The third-order valence-corrected chi connectivity index (χ3v) is 0.789. The maximum absolute atomic E-state index is 9.65. The number of aliphatic hydroxyl groups is 1. The first-order valence-electron chi connectivity index (χ1n) is 3.09. The van der Waals surface area contributed by atoms with Gasteiger partial charge >= 0.3 is 11.9 Å². The lowest BCUT2D eigenvalue weighted by Crippen LogP contribution is -2.33. The van der Waals surface area contributed by atoms with Gasteiger partial charge < -0.3 is 26.8 Å². The monoisotopic (exact) mass is 192 g/mol. The van der Waals surface area contributed by atoms with Crippen LogP contribution in [0.25, 0.3) is 0 Å². The molecule has 0 aromatic carbocycles. The lowest BCUT2D eigenvalue weighted by molar-refractivity contribution is -0.139. The van der Waals surface area contributed by atoms with E-state index < -0.39 is 24.6 Å². The molecule has 0 heterocycles. The van der Waals surface area contributed by atoms with Crippen molar-refractivity contribution in [2.45, 2.75) is 6.04 Å². The molecule has 0 aliphatic heterocycles. The van der Waals surface area contributed by atoms with Gasteiger partial charge in [0.2, 0.25) is 0 Å². The number of carboxylic acids is 2. The Morgan fingerprint density at radius 1 is 1.38 bits per heavy atom. The molecule has 0 aromatic heterocycles. The second kappa shape index (κ2) is 7.07. The van der Waals surface area contributed by atoms with Gasteiger partial charge in [0.25, 0.3) is 0 Å². The van der Waals surface area contributed by atoms with E-state index in [4.69, 9.17) is 21.1 Å². The number of hydrogen-bond donors (Lipinski definition) is 5. The second-order valence-electron chi connectivity index (χ2n) is 1.96. The highest BCUT2D eigenvalue weighted by Crippen LogP contribution is 1.71. The lowest BCUT2D eigenvalue weighted by Gasteiger charge is -1.96. The fourth-order valence-electron chi connectivity index (χ4n) is 0.0781. The van der Waals surface area contributed by atoms with E-state index in [0.717, 1.165) is 0 Å². The standard InChI is InChI=1S/C3H7NO3.C3H5NO2/c4-2(1-5)3(6)7;1-2(4)3(5)6/h2,5H,1,4H2,(H,6,7);1,4H2,(H,5,6). The third-order valence-electron chi connectivity index (χ3n) is 0.789. The van der Waals surface area contributed by atoms with Crippen LogP contribution in [0.1, 0.15) is 0 Å². The van der Waals surface area contributed by atoms with Gasteiger partial charge in [0.1, 0.15) is 11.7 Å². The van der Waals surface area contributed by atoms with E-state index in [0.29, 0.717) is 0 Å². The first kappa shape index (κ1) is 14.0. The van der Waals surface area contributed by atoms with Crippen molar-refractivity contribution in [1.29, 1.82) is 0 Å². The zero-order valence-electron chi connectivity index (χ0n) is 6.80. The van der Waals surface area contributed by atoms with Crippen LogP contribution in [-0.4, -0.2) is 39.9 Å². The Morgan fingerprint density at radius 3 is 1.69 bits per heavy atom. The van der Waals surface area contributed by atoms with Gasteiger partial charge in [-0.1, -0.05) is 6.58 Å². The summed E-state index contributed by atoms with van der Waals surface area (Å²) in [5.74, 6) is -2.34. The number of nitrogens with two attached hydrogens (primary N) is 2. The number of aliphatic carboxylic acids is 2. The maximum Gasteiger partial charge on any atom is 0.351 e. The Labute approximate surface area is 74.3 Å². The molecule has 0 rings (SSSR count). The molecular formula is C6H12N2O5. The zero-order chi connectivity index (χ0) is 11.0. The van der Waals surface area contributed by atoms with Gasteiger partial charge in [-0.3, -0.25) is 4.79 Å². The van der Waals surface area contributed by atoms with Gasteiger partial charge in [-0.15, -0.1) is 0 Å². The molecule has 7 heteroatoms. The van der Waals surface area contributed by atoms with Crippen LogP contribution in [0.2, 0.25) is 0 Å². The molecule has 0 bridgehead atoms. The second-order valence-corrected chi connectivity index (χ2v) is 1.96. The molecule has 0 radical (unpaired) electrons. The van der Waals surface area contributed by atoms with Crippen molar-refractivity contribution >= 4 is 11.9 Å². The van der Waals surface area contributed by atoms with E-state index in [1.807, 2.05) is 0 Å². The van der Waals surface area contributed by atoms with E-state index in [2.05, 4.69) is 12.3 Å². The largest absolute Gasteiger partial charge is 0.480 e. The van der Waals surface area contributed by atoms with Gasteiger partial charge in [0, 0.05) is 0 Å². The molecule has 0 amide bonds. The summed E-state index contributed by atoms with van der Waals surface area (Å²) < 4.78 is 0. The number of hydrogen-bond acceptors (Lipinski definition) is 5. The quantitative estimate of drug-likeness (QED) is 0.323. The fourth-order valence-corrected chi connectivity index (χ4v) is 0.0781. The summed E-state index contributed by atoms with van der Waals surface area (Å²) in [5.41, 5.74) is 9.08. The molecule has 1 unspecified atom stereocenters. The molecule has 1 atom stereocenters. The highest BCUT2D eigenvalue weighted by atomic mass is 16.4. The van der Waals surface area contributed by atoms with E-state index >= 15 is 0 Å². The van der Waals surface area contributed by atoms with Crippen LogP contribution in [0.3, 0.4) is 0 Å². The Morgan fingerprint density at radius 2 is 1.69 bits per heavy atom. The topological polar surface area (TPSA) is 147 Å². The zero-order valence-corrected chi connectivity index (χ0v) is 6.80. The Hall–Kier alpha value is -1.60. The minimum atomic E-state index is -1.18. The van der Waals surface area contributed by atoms with E-state index in [9.17, 15) is 9.59 Å². The summed E-state index contributed by atoms with van der Waals surface area (Å²) in [6.07, 6.45) is 0. The summed E-state index contributed by atoms with van der Waals surface area (Å²) in [5, 5.41) is 23.7. The van der Waals surface area contributed by atoms with Crippen molar-refractivity contribution in [3.8, 4) is 0 Å². The van der Waals surface area contributed by atoms with Gasteiger partial charge in [0.05, 0.1) is 6.61 Å². The first-order valence-corrected chi connectivity index (χ1v) is 3.09. The Kier molecular flexibility index (Phi) is 7.59. The van der Waals surface area contributed by atoms with Crippen molar-refractivity contribution in [2.75, 3.05) is 6.61 Å². The molecule has 0 aliphatic carbocycles. The summed E-state index contributed by atoms with van der Waals surface area (Å²) in [4.78, 5) is 19.1. The van der Waals surface area contributed by atoms with Gasteiger partial charge in [0.15, 0.2) is 0 Å². The van der Waals surface area contributed by atoms with E-state index in [1.165, 1.54) is 0 Å². The van der Waals surface area contributed by atoms with E-state index in [1.54, 1.807) is 0 Å². The summed E-state index contributed by atoms with van der Waals surface area (Å²) in [7, 11) is 0. The number of aliphatic hydroxyl groups excluding tert-OH is 1. The SMILES string of the molecule is C=C(N)C(=O)O.NC(CO)C(=O)O. The molecule has 13 heavy (non-hydrogen) atoms. The van der Waals surface area contributed by atoms with Crippen molar-refractivity contribution in [2.24, 2.45) is 11.5 Å². The molecule has 76 valence electrons. The Bertz CT molecular complexity index is 191. The normalized spacial score (nSPS) is 10.6. The molecule has 0 spiro atoms. The molecule has 7 nitrogen and oxygen atoms in total. The summed E-state index contributed by atoms with van der Waals surface area (Å²) in [6, 6.07) is -1.13. The molecule has 0 saturated heterocycles. The van der Waals surface area contributed by atoms with Crippen LogP contribution < -0.4 is 11.5 Å². The van der Waals surface area contributed by atoms with Crippen LogP contribution in [0.15, 0.2) is 12.3 Å². The van der Waals surface area contributed by atoms with Crippen molar-refractivity contribution in [1.82, 2.24) is 0 Å². The number of carboxylic acid groups (broad SMARTS) is 2. The molecule has 0 aromatic rings. The number of rotatable bonds is 3. The van der Waals surface area contributed by atoms with Crippen LogP contribution >= 0.6 is 0 Å². The lowest BCUT2D eigenvalue weighted by atomic mass is 10.3. The number of carbonyl (C=O) groups is 2. The average molecular weight is 192 g/mol. The van der Waals surface area contributed by atoms with Crippen molar-refractivity contribution in [3.63, 3.8) is 0 Å². The predicted molar refractivity (Wildman–Crippen MR) is 43.7 cm³/mol. The first-order chi connectivity index (χ1) is 5.82. The van der Waals surface area contributed by atoms with Crippen LogP contribution in [0.4, 0.5) is 0 Å². The molecule has 0 aliphatic rings. The van der Waals surface area contributed by atoms with Crippen LogP contribution in [-0.2, 0) is 9.59 Å². The third kappa shape index (κ3) is 10.4. The van der Waals surface area contributed by atoms with Crippen molar-refractivity contribution < 1.29 is 24.9 Å². The van der Waals surface area contributed by atoms with Crippen molar-refractivity contribution in [3.05, 3.63) is 12.3 Å². The Balaban J connectivity index is 0. The summed E-state index contributed by atoms with van der Waals surface area (Å²) in [6.45, 7) is 2.43. The predicted octanol–water partition coefficient (Wildman–Crippen LogP) is -2.07. The smallest absolute Gasteiger partial charge is 0.351 e. The van der Waals surface area contributed by atoms with Gasteiger partial charge in [-0.2, -0.15) is 0 Å². The fraction of sp³-hybridized carbons (Fsp3) is 0.333. The maximum atomic E-state index is 9.65. The average Bonchev–Trinajstić information content (AvgIpc) is 2.03.